The van der Waals surface area contributed by atoms with Crippen LogP contribution in [0.4, 0.5) is 0 Å². The van der Waals surface area contributed by atoms with Gasteiger partial charge in [-0.25, -0.2) is 0 Å². The average molecular weight is 906 g/mol. The van der Waals surface area contributed by atoms with Gasteiger partial charge in [-0.1, -0.05) is 78.0 Å². The number of hydrogen-bond donors (Lipinski definition) is 2. The van der Waals surface area contributed by atoms with Crippen LogP contribution in [0.1, 0.15) is 91.5 Å². The quantitative estimate of drug-likeness (QED) is 0.120. The van der Waals surface area contributed by atoms with Crippen molar-refractivity contribution in [3.8, 4) is 23.0 Å². The van der Waals surface area contributed by atoms with Crippen LogP contribution >= 0.6 is 40.2 Å². The van der Waals surface area contributed by atoms with Crippen molar-refractivity contribution in [3.05, 3.63) is 136 Å². The highest BCUT2D eigenvalue weighted by atomic mass is 79.9. The van der Waals surface area contributed by atoms with E-state index in [2.05, 4.69) is 128 Å². The molecule has 2 heterocycles. The summed E-state index contributed by atoms with van der Waals surface area (Å²) < 4.78 is 13.1. The number of aromatic hydroxyl groups is 2. The predicted octanol–water partition coefficient (Wildman–Crippen LogP) is 12.2. The fraction of sp³-hybridized carbons (Fsp3) is 0.388. The van der Waals surface area contributed by atoms with Gasteiger partial charge in [0.15, 0.2) is 0 Å². The van der Waals surface area contributed by atoms with Crippen LogP contribution in [0.25, 0.3) is 0 Å². The zero-order valence-electron chi connectivity index (χ0n) is 33.8. The number of fused-ring (bicyclic) bond motifs is 2. The Kier molecular flexibility index (Phi) is 15.0. The van der Waals surface area contributed by atoms with E-state index >= 15 is 0 Å². The summed E-state index contributed by atoms with van der Waals surface area (Å²) in [4.78, 5) is 0. The van der Waals surface area contributed by atoms with E-state index in [9.17, 15) is 10.2 Å². The highest BCUT2D eigenvalue weighted by molar-refractivity contribution is 9.09. The molecule has 56 heavy (non-hydrogen) atoms. The molecular weight excluding hydrogens is 843 g/mol. The molecule has 2 aliphatic heterocycles. The van der Waals surface area contributed by atoms with Gasteiger partial charge in [0, 0.05) is 22.9 Å². The number of benzene rings is 5. The normalized spacial score (nSPS) is 18.4. The zero-order chi connectivity index (χ0) is 38.8. The molecule has 300 valence electrons. The van der Waals surface area contributed by atoms with Gasteiger partial charge in [0.25, 0.3) is 0 Å². The third kappa shape index (κ3) is 8.74. The standard InChI is InChI=1S/C33H35O2P.C15H21BrO2.CH4.BrH/c1-24-25(2)32-30(26(3)31(24)34)20-21-33(4,35-32)22-23-36(27-14-8-5-9-15-27,28-16-10-6-11-17-28)29-18-12-7-13-19-29;1-9-10(2)14-12(11(3)13(9)17)5-6-15(4,18-14)7-8-16;;/h5-19H,20-23H2,1-4H3;17H,5-8H2,1-4H3;1H4;1H/p+1. The molecular formula is C49H62Br2O4P+. The summed E-state index contributed by atoms with van der Waals surface area (Å²) in [6.07, 6.45) is 6.86. The molecule has 2 unspecified atom stereocenters. The van der Waals surface area contributed by atoms with Crippen molar-refractivity contribution in [3.63, 3.8) is 0 Å². The topological polar surface area (TPSA) is 58.9 Å². The minimum absolute atomic E-state index is 0. The Morgan fingerprint density at radius 1 is 0.554 bits per heavy atom. The monoisotopic (exact) mass is 903 g/mol. The number of phenols is 2. The van der Waals surface area contributed by atoms with Crippen LogP contribution < -0.4 is 25.4 Å². The highest BCUT2D eigenvalue weighted by Gasteiger charge is 2.47. The average Bonchev–Trinajstić information content (AvgIpc) is 3.19. The maximum Gasteiger partial charge on any atom is 0.127 e. The van der Waals surface area contributed by atoms with Crippen LogP contribution in [0.3, 0.4) is 0 Å². The Morgan fingerprint density at radius 3 is 1.23 bits per heavy atom. The fourth-order valence-electron chi connectivity index (χ4n) is 8.43. The van der Waals surface area contributed by atoms with Gasteiger partial charge in [-0.3, -0.25) is 0 Å². The van der Waals surface area contributed by atoms with Crippen LogP contribution in [0.2, 0.25) is 0 Å². The van der Waals surface area contributed by atoms with E-state index in [1.807, 2.05) is 34.6 Å². The minimum Gasteiger partial charge on any atom is -0.507 e. The van der Waals surface area contributed by atoms with Gasteiger partial charge in [0.2, 0.25) is 0 Å². The first-order valence-electron chi connectivity index (χ1n) is 19.4. The number of phenolic OH excluding ortho intramolecular Hbond substituents is 2. The summed E-state index contributed by atoms with van der Waals surface area (Å²) in [6.45, 7) is 16.5. The van der Waals surface area contributed by atoms with Crippen molar-refractivity contribution in [1.29, 1.82) is 0 Å². The fourth-order valence-corrected chi connectivity index (χ4v) is 13.8. The van der Waals surface area contributed by atoms with Crippen molar-refractivity contribution in [2.45, 2.75) is 113 Å². The maximum absolute atomic E-state index is 10.6. The molecule has 5 aromatic rings. The lowest BCUT2D eigenvalue weighted by Gasteiger charge is -2.39. The highest BCUT2D eigenvalue weighted by Crippen LogP contribution is 2.57. The van der Waals surface area contributed by atoms with E-state index in [1.165, 1.54) is 27.0 Å². The maximum atomic E-state index is 10.6. The molecule has 2 atom stereocenters. The Bertz CT molecular complexity index is 2010. The molecule has 0 saturated carbocycles. The smallest absolute Gasteiger partial charge is 0.127 e. The summed E-state index contributed by atoms with van der Waals surface area (Å²) >= 11 is 3.50. The molecule has 0 radical (unpaired) electrons. The van der Waals surface area contributed by atoms with Gasteiger partial charge in [-0.15, -0.1) is 17.0 Å². The van der Waals surface area contributed by atoms with Crippen molar-refractivity contribution in [1.82, 2.24) is 0 Å². The Hall–Kier alpha value is -3.31. The second-order valence-electron chi connectivity index (χ2n) is 15.9. The molecule has 0 fully saturated rings. The van der Waals surface area contributed by atoms with Gasteiger partial charge < -0.3 is 19.7 Å². The number of rotatable bonds is 8. The second kappa shape index (κ2) is 18.5. The molecule has 0 bridgehead atoms. The molecule has 0 spiro atoms. The lowest BCUT2D eigenvalue weighted by atomic mass is 9.86. The Labute approximate surface area is 356 Å². The number of halogens is 2. The molecule has 5 aromatic carbocycles. The predicted molar refractivity (Wildman–Crippen MR) is 249 cm³/mol. The minimum atomic E-state index is -1.91. The van der Waals surface area contributed by atoms with Gasteiger partial charge in [0.05, 0.1) is 6.16 Å². The van der Waals surface area contributed by atoms with Crippen molar-refractivity contribution in [2.75, 3.05) is 11.5 Å². The SMILES string of the molecule is Br.C.Cc1c(C)c2c(c(C)c1O)CCC(C)(CCBr)O2.Cc1c(C)c2c(c(C)c1O)CCC(C)(CC[P+](c1ccccc1)(c1ccccc1)c1ccccc1)O2. The number of alkyl halides is 1. The molecule has 7 rings (SSSR count). The van der Waals surface area contributed by atoms with E-state index in [4.69, 9.17) is 9.47 Å². The van der Waals surface area contributed by atoms with E-state index in [0.29, 0.717) is 11.5 Å². The van der Waals surface area contributed by atoms with E-state index in [1.54, 1.807) is 0 Å². The molecule has 0 saturated heterocycles. The van der Waals surface area contributed by atoms with E-state index in [0.717, 1.165) is 94.9 Å². The summed E-state index contributed by atoms with van der Waals surface area (Å²) in [6, 6.07) is 33.2. The summed E-state index contributed by atoms with van der Waals surface area (Å²) in [5, 5.41) is 25.9. The van der Waals surface area contributed by atoms with Crippen LogP contribution in [-0.2, 0) is 12.8 Å². The Morgan fingerprint density at radius 2 is 0.893 bits per heavy atom. The molecule has 2 N–H and O–H groups in total. The largest absolute Gasteiger partial charge is 0.507 e. The van der Waals surface area contributed by atoms with Gasteiger partial charge in [-0.05, 0) is 157 Å². The third-order valence-electron chi connectivity index (χ3n) is 12.4. The first kappa shape index (κ1) is 45.4. The lowest BCUT2D eigenvalue weighted by molar-refractivity contribution is 0.0607. The molecule has 0 aromatic heterocycles. The van der Waals surface area contributed by atoms with Crippen LogP contribution in [0.15, 0.2) is 91.0 Å². The van der Waals surface area contributed by atoms with Crippen molar-refractivity contribution < 1.29 is 19.7 Å². The second-order valence-corrected chi connectivity index (χ2v) is 20.3. The van der Waals surface area contributed by atoms with Gasteiger partial charge in [0.1, 0.15) is 57.4 Å². The summed E-state index contributed by atoms with van der Waals surface area (Å²) in [5.74, 6) is 2.83. The van der Waals surface area contributed by atoms with E-state index < -0.39 is 7.26 Å². The summed E-state index contributed by atoms with van der Waals surface area (Å²) in [5.41, 5.74) is 7.95. The first-order valence-corrected chi connectivity index (χ1v) is 22.5. The van der Waals surface area contributed by atoms with Gasteiger partial charge >= 0.3 is 0 Å². The number of hydrogen-bond acceptors (Lipinski definition) is 4. The van der Waals surface area contributed by atoms with Crippen molar-refractivity contribution in [2.24, 2.45) is 0 Å². The zero-order valence-corrected chi connectivity index (χ0v) is 38.0. The van der Waals surface area contributed by atoms with Gasteiger partial charge in [-0.2, -0.15) is 0 Å². The summed E-state index contributed by atoms with van der Waals surface area (Å²) in [7, 11) is -1.91. The Balaban J connectivity index is 0.000000295. The number of ether oxygens (including phenoxy) is 2. The molecule has 4 nitrogen and oxygen atoms in total. The third-order valence-corrected chi connectivity index (χ3v) is 17.2. The van der Waals surface area contributed by atoms with Crippen LogP contribution in [0.5, 0.6) is 23.0 Å². The molecule has 0 amide bonds. The lowest BCUT2D eigenvalue weighted by Crippen LogP contribution is -2.41. The van der Waals surface area contributed by atoms with Crippen LogP contribution in [-0.4, -0.2) is 32.9 Å². The first-order chi connectivity index (χ1) is 25.7. The molecule has 2 aliphatic rings. The van der Waals surface area contributed by atoms with E-state index in [-0.39, 0.29) is 35.6 Å². The molecule has 7 heteroatoms. The molecule has 0 aliphatic carbocycles. The van der Waals surface area contributed by atoms with Crippen LogP contribution in [0, 0.1) is 41.5 Å². The van der Waals surface area contributed by atoms with Crippen molar-refractivity contribution >= 4 is 56.1 Å².